The number of hydrogen-bond acceptors (Lipinski definition) is 7. The Morgan fingerprint density at radius 3 is 2.64 bits per heavy atom. The standard InChI is InChI=1S/C18H23F3N4O2S/c1-11(22)17-23-9-15(28-17)16(26)24-14-7-12(6-13(8-14)18(19,20)21)10-25-2-4-27-5-3-25/h6-9,11,16,24,26H,2-5,10,22H2,1H3. The third-order valence-electron chi connectivity index (χ3n) is 4.33. The second-order valence-corrected chi connectivity index (χ2v) is 7.84. The first kappa shape index (κ1) is 21.0. The third kappa shape index (κ3) is 5.42. The Hall–Kier alpha value is -1.72. The summed E-state index contributed by atoms with van der Waals surface area (Å²) in [6.45, 7) is 4.62. The van der Waals surface area contributed by atoms with Crippen LogP contribution in [-0.2, 0) is 17.5 Å². The topological polar surface area (TPSA) is 83.6 Å². The number of rotatable bonds is 6. The number of morpholine rings is 1. The molecule has 4 N–H and O–H groups in total. The number of hydrogen-bond donors (Lipinski definition) is 3. The van der Waals surface area contributed by atoms with E-state index in [1.807, 2.05) is 4.90 Å². The number of nitrogens with zero attached hydrogens (tertiary/aromatic N) is 2. The van der Waals surface area contributed by atoms with Gasteiger partial charge in [0.15, 0.2) is 6.23 Å². The Kier molecular flexibility index (Phi) is 6.56. The van der Waals surface area contributed by atoms with Gasteiger partial charge in [-0.05, 0) is 30.7 Å². The lowest BCUT2D eigenvalue weighted by molar-refractivity contribution is -0.137. The molecule has 6 nitrogen and oxygen atoms in total. The van der Waals surface area contributed by atoms with Crippen LogP contribution in [0.5, 0.6) is 0 Å². The predicted octanol–water partition coefficient (Wildman–Crippen LogP) is 3.12. The number of alkyl halides is 3. The first-order valence-electron chi connectivity index (χ1n) is 8.89. The number of thiazole rings is 1. The minimum Gasteiger partial charge on any atom is -0.379 e. The number of aromatic nitrogens is 1. The Bertz CT molecular complexity index is 791. The van der Waals surface area contributed by atoms with E-state index in [0.29, 0.717) is 48.3 Å². The number of halogens is 3. The Balaban J connectivity index is 1.80. The van der Waals surface area contributed by atoms with Gasteiger partial charge in [-0.2, -0.15) is 13.2 Å². The summed E-state index contributed by atoms with van der Waals surface area (Å²) in [5.41, 5.74) is 5.72. The number of anilines is 1. The van der Waals surface area contributed by atoms with Crippen molar-refractivity contribution in [3.63, 3.8) is 0 Å². The van der Waals surface area contributed by atoms with Crippen LogP contribution in [0, 0.1) is 0 Å². The monoisotopic (exact) mass is 416 g/mol. The molecule has 1 aliphatic heterocycles. The van der Waals surface area contributed by atoms with Gasteiger partial charge in [-0.1, -0.05) is 0 Å². The highest BCUT2D eigenvalue weighted by Crippen LogP contribution is 2.34. The zero-order chi connectivity index (χ0) is 20.3. The van der Waals surface area contributed by atoms with Crippen molar-refractivity contribution in [1.29, 1.82) is 0 Å². The molecule has 2 heterocycles. The fourth-order valence-electron chi connectivity index (χ4n) is 2.91. The van der Waals surface area contributed by atoms with Gasteiger partial charge < -0.3 is 20.9 Å². The normalized spacial score (nSPS) is 18.1. The molecule has 2 unspecified atom stereocenters. The maximum absolute atomic E-state index is 13.3. The second kappa shape index (κ2) is 8.75. The van der Waals surface area contributed by atoms with Crippen molar-refractivity contribution < 1.29 is 23.0 Å². The fourth-order valence-corrected chi connectivity index (χ4v) is 3.72. The quantitative estimate of drug-likeness (QED) is 0.628. The highest BCUT2D eigenvalue weighted by molar-refractivity contribution is 7.11. The minimum absolute atomic E-state index is 0.196. The summed E-state index contributed by atoms with van der Waals surface area (Å²) in [6, 6.07) is 3.49. The lowest BCUT2D eigenvalue weighted by Crippen LogP contribution is -2.35. The number of nitrogens with two attached hydrogens (primary N) is 1. The Morgan fingerprint density at radius 2 is 2.04 bits per heavy atom. The van der Waals surface area contributed by atoms with Gasteiger partial charge >= 0.3 is 6.18 Å². The summed E-state index contributed by atoms with van der Waals surface area (Å²) in [5.74, 6) is 0. The van der Waals surface area contributed by atoms with Crippen molar-refractivity contribution in [1.82, 2.24) is 9.88 Å². The van der Waals surface area contributed by atoms with Crippen LogP contribution in [0.3, 0.4) is 0 Å². The van der Waals surface area contributed by atoms with Gasteiger partial charge in [0, 0.05) is 31.5 Å². The molecule has 1 fully saturated rings. The average Bonchev–Trinajstić information content (AvgIpc) is 3.12. The first-order chi connectivity index (χ1) is 13.2. The molecule has 0 amide bonds. The molecular weight excluding hydrogens is 393 g/mol. The summed E-state index contributed by atoms with van der Waals surface area (Å²) in [7, 11) is 0. The third-order valence-corrected chi connectivity index (χ3v) is 5.58. The largest absolute Gasteiger partial charge is 0.416 e. The molecule has 1 aliphatic rings. The molecule has 1 aromatic carbocycles. The molecule has 0 spiro atoms. The molecule has 28 heavy (non-hydrogen) atoms. The van der Waals surface area contributed by atoms with Crippen molar-refractivity contribution in [3.8, 4) is 0 Å². The first-order valence-corrected chi connectivity index (χ1v) is 9.71. The van der Waals surface area contributed by atoms with Crippen LogP contribution < -0.4 is 11.1 Å². The molecule has 10 heteroatoms. The second-order valence-electron chi connectivity index (χ2n) is 6.74. The Morgan fingerprint density at radius 1 is 1.32 bits per heavy atom. The van der Waals surface area contributed by atoms with E-state index in [4.69, 9.17) is 10.5 Å². The molecule has 2 atom stereocenters. The maximum Gasteiger partial charge on any atom is 0.416 e. The molecular formula is C18H23F3N4O2S. The molecule has 0 aliphatic carbocycles. The average molecular weight is 416 g/mol. The van der Waals surface area contributed by atoms with Gasteiger partial charge in [-0.25, -0.2) is 4.98 Å². The zero-order valence-corrected chi connectivity index (χ0v) is 16.2. The van der Waals surface area contributed by atoms with E-state index in [-0.39, 0.29) is 11.7 Å². The fraction of sp³-hybridized carbons (Fsp3) is 0.500. The lowest BCUT2D eigenvalue weighted by Gasteiger charge is -2.27. The van der Waals surface area contributed by atoms with Crippen LogP contribution in [0.2, 0.25) is 0 Å². The molecule has 1 saturated heterocycles. The SMILES string of the molecule is CC(N)c1ncc(C(O)Nc2cc(CN3CCOCC3)cc(C(F)(F)F)c2)s1. The van der Waals surface area contributed by atoms with Crippen molar-refractivity contribution in [2.75, 3.05) is 31.6 Å². The molecule has 0 bridgehead atoms. The smallest absolute Gasteiger partial charge is 0.379 e. The van der Waals surface area contributed by atoms with E-state index in [0.717, 1.165) is 12.1 Å². The summed E-state index contributed by atoms with van der Waals surface area (Å²) < 4.78 is 45.3. The summed E-state index contributed by atoms with van der Waals surface area (Å²) >= 11 is 1.22. The van der Waals surface area contributed by atoms with Crippen molar-refractivity contribution in [3.05, 3.63) is 45.4 Å². The zero-order valence-electron chi connectivity index (χ0n) is 15.4. The molecule has 154 valence electrons. The van der Waals surface area contributed by atoms with Crippen molar-refractivity contribution in [2.45, 2.75) is 31.9 Å². The maximum atomic E-state index is 13.3. The van der Waals surface area contributed by atoms with E-state index >= 15 is 0 Å². The van der Waals surface area contributed by atoms with Crippen molar-refractivity contribution >= 4 is 17.0 Å². The molecule has 1 aromatic heterocycles. The Labute approximate surface area is 165 Å². The van der Waals surface area contributed by atoms with Crippen LogP contribution in [0.25, 0.3) is 0 Å². The van der Waals surface area contributed by atoms with Crippen molar-refractivity contribution in [2.24, 2.45) is 5.73 Å². The van der Waals surface area contributed by atoms with Gasteiger partial charge in [-0.3, -0.25) is 4.90 Å². The van der Waals surface area contributed by atoms with Gasteiger partial charge in [0.05, 0.1) is 29.7 Å². The van der Waals surface area contributed by atoms with Crippen LogP contribution in [-0.4, -0.2) is 41.3 Å². The summed E-state index contributed by atoms with van der Waals surface area (Å²) in [6.07, 6.45) is -4.18. The number of nitrogens with one attached hydrogen (secondary N) is 1. The molecule has 0 saturated carbocycles. The van der Waals surface area contributed by atoms with Crippen LogP contribution in [0.1, 0.15) is 40.2 Å². The molecule has 3 rings (SSSR count). The highest BCUT2D eigenvalue weighted by atomic mass is 32.1. The number of ether oxygens (including phenoxy) is 1. The predicted molar refractivity (Wildman–Crippen MR) is 101 cm³/mol. The van der Waals surface area contributed by atoms with E-state index in [2.05, 4.69) is 10.3 Å². The number of aliphatic hydroxyl groups excluding tert-OH is 1. The van der Waals surface area contributed by atoms with E-state index in [1.54, 1.807) is 13.0 Å². The van der Waals surface area contributed by atoms with E-state index < -0.39 is 18.0 Å². The number of aliphatic hydroxyl groups is 1. The number of benzene rings is 1. The van der Waals surface area contributed by atoms with E-state index in [1.165, 1.54) is 17.5 Å². The van der Waals surface area contributed by atoms with Gasteiger partial charge in [0.2, 0.25) is 0 Å². The van der Waals surface area contributed by atoms with Crippen LogP contribution in [0.15, 0.2) is 24.4 Å². The van der Waals surface area contributed by atoms with Crippen LogP contribution >= 0.6 is 11.3 Å². The summed E-state index contributed by atoms with van der Waals surface area (Å²) in [5, 5.41) is 13.8. The van der Waals surface area contributed by atoms with E-state index in [9.17, 15) is 18.3 Å². The lowest BCUT2D eigenvalue weighted by atomic mass is 10.1. The van der Waals surface area contributed by atoms with Gasteiger partial charge in [0.25, 0.3) is 0 Å². The summed E-state index contributed by atoms with van der Waals surface area (Å²) in [4.78, 5) is 6.65. The van der Waals surface area contributed by atoms with Gasteiger partial charge in [-0.15, -0.1) is 11.3 Å². The molecule has 0 radical (unpaired) electrons. The highest BCUT2D eigenvalue weighted by Gasteiger charge is 2.31. The molecule has 2 aromatic rings. The van der Waals surface area contributed by atoms with Gasteiger partial charge in [0.1, 0.15) is 5.01 Å². The van der Waals surface area contributed by atoms with Crippen LogP contribution in [0.4, 0.5) is 18.9 Å². The minimum atomic E-state index is -4.48.